The van der Waals surface area contributed by atoms with Crippen LogP contribution in [-0.4, -0.2) is 51.8 Å². The van der Waals surface area contributed by atoms with Crippen LogP contribution in [0.5, 0.6) is 0 Å². The van der Waals surface area contributed by atoms with Crippen LogP contribution in [-0.2, 0) is 14.3 Å². The molecule has 6 nitrogen and oxygen atoms in total. The third-order valence-corrected chi connectivity index (χ3v) is 5.87. The van der Waals surface area contributed by atoms with Crippen LogP contribution in [0, 0.1) is 11.3 Å². The van der Waals surface area contributed by atoms with E-state index in [0.717, 1.165) is 58.8 Å². The van der Waals surface area contributed by atoms with Crippen LogP contribution in [0.1, 0.15) is 30.6 Å². The lowest BCUT2D eigenvalue weighted by molar-refractivity contribution is -0.117. The second-order valence-electron chi connectivity index (χ2n) is 6.91. The first-order valence-corrected chi connectivity index (χ1v) is 11.9. The predicted octanol–water partition coefficient (Wildman–Crippen LogP) is 4.80. The van der Waals surface area contributed by atoms with E-state index in [1.807, 2.05) is 37.4 Å². The highest BCUT2D eigenvalue weighted by Crippen LogP contribution is 2.29. The zero-order valence-corrected chi connectivity index (χ0v) is 19.5. The number of halogens is 1. The molecule has 0 saturated carbocycles. The maximum Gasteiger partial charge on any atom is 0.262 e. The van der Waals surface area contributed by atoms with Crippen molar-refractivity contribution in [3.05, 3.63) is 34.7 Å². The number of nitrogens with zero attached hydrogens (tertiary/aromatic N) is 1. The van der Waals surface area contributed by atoms with Crippen molar-refractivity contribution in [2.75, 3.05) is 51.2 Å². The smallest absolute Gasteiger partial charge is 0.262 e. The summed E-state index contributed by atoms with van der Waals surface area (Å²) in [5.74, 6) is 0.326. The molecule has 0 aliphatic carbocycles. The van der Waals surface area contributed by atoms with Gasteiger partial charge in [-0.2, -0.15) is 5.26 Å². The summed E-state index contributed by atoms with van der Waals surface area (Å²) in [5.41, 5.74) is 1.11. The monoisotopic (exact) mass is 463 g/mol. The van der Waals surface area contributed by atoms with Gasteiger partial charge in [0.25, 0.3) is 5.91 Å². The van der Waals surface area contributed by atoms with Crippen molar-refractivity contribution in [1.82, 2.24) is 5.32 Å². The number of rotatable bonds is 15. The normalized spacial score (nSPS) is 11.5. The van der Waals surface area contributed by atoms with E-state index >= 15 is 0 Å². The number of hydrogen-bond donors (Lipinski definition) is 2. The molecule has 0 aliphatic rings. The molecule has 1 aromatic carbocycles. The molecule has 8 heteroatoms. The van der Waals surface area contributed by atoms with Gasteiger partial charge in [-0.25, -0.2) is 0 Å². The molecule has 0 radical (unpaired) electrons. The Bertz CT molecular complexity index is 892. The van der Waals surface area contributed by atoms with Crippen molar-refractivity contribution >= 4 is 50.7 Å². The molecule has 168 valence electrons. The largest absolute Gasteiger partial charge is 0.388 e. The summed E-state index contributed by atoms with van der Waals surface area (Å²) in [7, 11) is 1.87. The molecule has 31 heavy (non-hydrogen) atoms. The fourth-order valence-electron chi connectivity index (χ4n) is 2.88. The minimum absolute atomic E-state index is 0.0814. The average Bonchev–Trinajstić information content (AvgIpc) is 3.19. The molecule has 1 heterocycles. The Morgan fingerprint density at radius 2 is 1.90 bits per heavy atom. The number of thiophene rings is 1. The van der Waals surface area contributed by atoms with E-state index in [9.17, 15) is 10.1 Å². The summed E-state index contributed by atoms with van der Waals surface area (Å²) in [6, 6.07) is 10.0. The molecule has 2 rings (SSSR count). The van der Waals surface area contributed by atoms with E-state index in [0.29, 0.717) is 26.4 Å². The van der Waals surface area contributed by atoms with E-state index < -0.39 is 5.91 Å². The Hall–Kier alpha value is -2.11. The van der Waals surface area contributed by atoms with E-state index in [1.54, 1.807) is 17.4 Å². The maximum atomic E-state index is 12.3. The second kappa shape index (κ2) is 14.8. The van der Waals surface area contributed by atoms with Crippen LogP contribution >= 0.6 is 22.9 Å². The molecule has 0 spiro atoms. The lowest BCUT2D eigenvalue weighted by atomic mass is 10.2. The highest BCUT2D eigenvalue weighted by molar-refractivity contribution is 7.19. The van der Waals surface area contributed by atoms with Crippen molar-refractivity contribution in [3.63, 3.8) is 0 Å². The molecule has 0 saturated heterocycles. The van der Waals surface area contributed by atoms with Gasteiger partial charge in [0, 0.05) is 41.3 Å². The number of ether oxygens (including phenoxy) is 2. The van der Waals surface area contributed by atoms with Crippen LogP contribution in [0.25, 0.3) is 16.2 Å². The topological polar surface area (TPSA) is 83.4 Å². The second-order valence-corrected chi connectivity index (χ2v) is 8.40. The fourth-order valence-corrected chi connectivity index (χ4v) is 4.11. The molecular formula is C23H30ClN3O3S. The van der Waals surface area contributed by atoms with Gasteiger partial charge in [0.1, 0.15) is 11.6 Å². The number of nitriles is 1. The Morgan fingerprint density at radius 1 is 1.13 bits per heavy atom. The van der Waals surface area contributed by atoms with Gasteiger partial charge >= 0.3 is 0 Å². The van der Waals surface area contributed by atoms with Gasteiger partial charge in [-0.1, -0.05) is 18.9 Å². The molecule has 1 aromatic heterocycles. The number of alkyl halides is 1. The number of fused-ring (bicyclic) bond motifs is 1. The van der Waals surface area contributed by atoms with Gasteiger partial charge in [-0.15, -0.1) is 22.9 Å². The SMILES string of the molecule is CNc1ccc2cc(/C=C(\C#N)C(=O)NCCOCCOCCCCCCCl)sc2c1. The van der Waals surface area contributed by atoms with E-state index in [1.165, 1.54) is 0 Å². The summed E-state index contributed by atoms with van der Waals surface area (Å²) in [5, 5.41) is 16.3. The number of amides is 1. The molecule has 2 aromatic rings. The highest BCUT2D eigenvalue weighted by Gasteiger charge is 2.10. The maximum absolute atomic E-state index is 12.3. The Kier molecular flexibility index (Phi) is 12.0. The van der Waals surface area contributed by atoms with Gasteiger partial charge in [0.05, 0.1) is 19.8 Å². The number of hydrogen-bond acceptors (Lipinski definition) is 6. The molecule has 2 N–H and O–H groups in total. The lowest BCUT2D eigenvalue weighted by Crippen LogP contribution is -2.28. The number of carbonyl (C=O) groups is 1. The summed E-state index contributed by atoms with van der Waals surface area (Å²) < 4.78 is 12.1. The molecular weight excluding hydrogens is 434 g/mol. The van der Waals surface area contributed by atoms with E-state index in [-0.39, 0.29) is 5.57 Å². The van der Waals surface area contributed by atoms with Crippen molar-refractivity contribution in [2.45, 2.75) is 25.7 Å². The number of nitrogens with one attached hydrogen (secondary N) is 2. The zero-order chi connectivity index (χ0) is 22.3. The highest BCUT2D eigenvalue weighted by atomic mass is 35.5. The minimum Gasteiger partial charge on any atom is -0.388 e. The molecule has 0 aliphatic heterocycles. The Labute approximate surface area is 193 Å². The van der Waals surface area contributed by atoms with Crippen LogP contribution in [0.3, 0.4) is 0 Å². The first-order chi connectivity index (χ1) is 15.2. The van der Waals surface area contributed by atoms with Gasteiger partial charge < -0.3 is 20.1 Å². The van der Waals surface area contributed by atoms with Crippen molar-refractivity contribution in [3.8, 4) is 6.07 Å². The number of carbonyl (C=O) groups excluding carboxylic acids is 1. The first-order valence-electron chi connectivity index (χ1n) is 10.5. The van der Waals surface area contributed by atoms with Crippen molar-refractivity contribution in [1.29, 1.82) is 5.26 Å². The molecule has 1 amide bonds. The third kappa shape index (κ3) is 9.28. The number of benzene rings is 1. The average molecular weight is 464 g/mol. The first kappa shape index (κ1) is 25.2. The van der Waals surface area contributed by atoms with E-state index in [4.69, 9.17) is 21.1 Å². The number of unbranched alkanes of at least 4 members (excludes halogenated alkanes) is 3. The molecule has 0 bridgehead atoms. The third-order valence-electron chi connectivity index (χ3n) is 4.56. The Morgan fingerprint density at radius 3 is 2.65 bits per heavy atom. The summed E-state index contributed by atoms with van der Waals surface area (Å²) in [6.07, 6.45) is 5.99. The predicted molar refractivity (Wildman–Crippen MR) is 129 cm³/mol. The summed E-state index contributed by atoms with van der Waals surface area (Å²) in [4.78, 5) is 13.1. The summed E-state index contributed by atoms with van der Waals surface area (Å²) >= 11 is 7.18. The van der Waals surface area contributed by atoms with Crippen LogP contribution in [0.15, 0.2) is 29.8 Å². The minimum atomic E-state index is -0.396. The molecule has 0 atom stereocenters. The van der Waals surface area contributed by atoms with E-state index in [2.05, 4.69) is 10.6 Å². The van der Waals surface area contributed by atoms with Gasteiger partial charge in [-0.05, 0) is 42.5 Å². The zero-order valence-electron chi connectivity index (χ0n) is 17.9. The number of anilines is 1. The lowest BCUT2D eigenvalue weighted by Gasteiger charge is -2.07. The van der Waals surface area contributed by atoms with Gasteiger partial charge in [0.2, 0.25) is 0 Å². The summed E-state index contributed by atoms with van der Waals surface area (Å²) in [6.45, 7) is 2.46. The molecule has 0 fully saturated rings. The Balaban J connectivity index is 1.66. The van der Waals surface area contributed by atoms with Gasteiger partial charge in [-0.3, -0.25) is 4.79 Å². The van der Waals surface area contributed by atoms with Crippen LogP contribution in [0.2, 0.25) is 0 Å². The quantitative estimate of drug-likeness (QED) is 0.171. The van der Waals surface area contributed by atoms with Crippen LogP contribution in [0.4, 0.5) is 5.69 Å². The van der Waals surface area contributed by atoms with Crippen molar-refractivity contribution < 1.29 is 14.3 Å². The van der Waals surface area contributed by atoms with Gasteiger partial charge in [0.15, 0.2) is 0 Å². The van der Waals surface area contributed by atoms with Crippen LogP contribution < -0.4 is 10.6 Å². The standard InChI is InChI=1S/C23H30ClN3O3S/c1-26-20-7-6-18-14-21(31-22(18)16-20)15-19(17-25)23(28)27-9-11-30-13-12-29-10-5-3-2-4-8-24/h6-7,14-16,26H,2-5,8-13H2,1H3,(H,27,28)/b19-15+. The molecule has 0 unspecified atom stereocenters. The van der Waals surface area contributed by atoms with Crippen molar-refractivity contribution in [2.24, 2.45) is 0 Å². The fraction of sp³-hybridized carbons (Fsp3) is 0.478.